The van der Waals surface area contributed by atoms with Gasteiger partial charge in [0.15, 0.2) is 0 Å². The van der Waals surface area contributed by atoms with Crippen molar-refractivity contribution in [1.29, 1.82) is 0 Å². The normalized spacial score (nSPS) is 24.7. The van der Waals surface area contributed by atoms with Gasteiger partial charge in [-0.3, -0.25) is 4.79 Å². The second-order valence-electron chi connectivity index (χ2n) is 6.60. The summed E-state index contributed by atoms with van der Waals surface area (Å²) in [6.45, 7) is 4.88. The third-order valence-electron chi connectivity index (χ3n) is 4.75. The van der Waals surface area contributed by atoms with Crippen LogP contribution in [0, 0.1) is 12.8 Å². The van der Waals surface area contributed by atoms with Crippen molar-refractivity contribution in [2.45, 2.75) is 42.9 Å². The number of amides is 1. The minimum absolute atomic E-state index is 0. The Kier molecular flexibility index (Phi) is 7.28. The van der Waals surface area contributed by atoms with Gasteiger partial charge >= 0.3 is 0 Å². The maximum absolute atomic E-state index is 12.8. The van der Waals surface area contributed by atoms with Gasteiger partial charge < -0.3 is 10.6 Å². The molecular formula is C16H26ClN3O3S2. The van der Waals surface area contributed by atoms with Gasteiger partial charge in [0.1, 0.15) is 10.3 Å². The van der Waals surface area contributed by atoms with Crippen molar-refractivity contribution < 1.29 is 13.2 Å². The molecule has 2 aliphatic rings. The molecule has 2 N–H and O–H groups in total. The molecule has 2 atom stereocenters. The van der Waals surface area contributed by atoms with Crippen LogP contribution in [0.2, 0.25) is 0 Å². The van der Waals surface area contributed by atoms with Gasteiger partial charge in [-0.15, -0.1) is 23.7 Å². The van der Waals surface area contributed by atoms with Gasteiger partial charge in [0.2, 0.25) is 5.91 Å². The molecule has 2 aliphatic heterocycles. The van der Waals surface area contributed by atoms with Crippen molar-refractivity contribution in [3.63, 3.8) is 0 Å². The zero-order valence-electron chi connectivity index (χ0n) is 14.4. The van der Waals surface area contributed by atoms with Crippen molar-refractivity contribution in [2.24, 2.45) is 5.92 Å². The fourth-order valence-electron chi connectivity index (χ4n) is 3.42. The zero-order valence-corrected chi connectivity index (χ0v) is 16.8. The number of halogens is 1. The number of nitrogens with zero attached hydrogens (tertiary/aromatic N) is 1. The topological polar surface area (TPSA) is 78.5 Å². The van der Waals surface area contributed by atoms with Crippen LogP contribution in [-0.2, 0) is 14.8 Å². The molecule has 2 saturated heterocycles. The van der Waals surface area contributed by atoms with E-state index in [4.69, 9.17) is 0 Å². The molecule has 1 amide bonds. The van der Waals surface area contributed by atoms with Crippen LogP contribution in [-0.4, -0.2) is 50.9 Å². The summed E-state index contributed by atoms with van der Waals surface area (Å²) in [7, 11) is -3.58. The molecule has 6 nitrogen and oxygen atoms in total. The molecular weight excluding hydrogens is 382 g/mol. The predicted molar refractivity (Wildman–Crippen MR) is 102 cm³/mol. The van der Waals surface area contributed by atoms with Gasteiger partial charge in [-0.25, -0.2) is 8.42 Å². The largest absolute Gasteiger partial charge is 0.354 e. The van der Waals surface area contributed by atoms with Crippen molar-refractivity contribution in [3.05, 3.63) is 17.0 Å². The van der Waals surface area contributed by atoms with Crippen LogP contribution < -0.4 is 10.6 Å². The van der Waals surface area contributed by atoms with Crippen molar-refractivity contribution >= 4 is 39.7 Å². The van der Waals surface area contributed by atoms with Crippen LogP contribution >= 0.6 is 23.7 Å². The molecule has 0 aromatic carbocycles. The van der Waals surface area contributed by atoms with Gasteiger partial charge in [0, 0.05) is 18.0 Å². The second-order valence-corrected chi connectivity index (χ2v) is 10.0. The Hall–Kier alpha value is -0.670. The first kappa shape index (κ1) is 20.6. The monoisotopic (exact) mass is 407 g/mol. The summed E-state index contributed by atoms with van der Waals surface area (Å²) in [5.41, 5.74) is 0. The lowest BCUT2D eigenvalue weighted by molar-refractivity contribution is -0.124. The lowest BCUT2D eigenvalue weighted by Gasteiger charge is -2.26. The molecule has 9 heteroatoms. The minimum atomic E-state index is -3.58. The molecule has 3 heterocycles. The van der Waals surface area contributed by atoms with E-state index < -0.39 is 16.1 Å². The number of hydrogen-bond donors (Lipinski definition) is 2. The fourth-order valence-corrected chi connectivity index (χ4v) is 6.49. The lowest BCUT2D eigenvalue weighted by Crippen LogP contribution is -2.47. The smallest absolute Gasteiger partial charge is 0.253 e. The van der Waals surface area contributed by atoms with Crippen LogP contribution in [0.4, 0.5) is 0 Å². The Labute approximate surface area is 159 Å². The Morgan fingerprint density at radius 2 is 2.16 bits per heavy atom. The van der Waals surface area contributed by atoms with E-state index in [0.29, 0.717) is 29.6 Å². The van der Waals surface area contributed by atoms with Gasteiger partial charge in [0.25, 0.3) is 10.0 Å². The molecule has 3 rings (SSSR count). The Bertz CT molecular complexity index is 687. The molecule has 1 aromatic rings. The summed E-state index contributed by atoms with van der Waals surface area (Å²) in [5.74, 6) is 0.282. The third kappa shape index (κ3) is 4.74. The molecule has 0 spiro atoms. The highest BCUT2D eigenvalue weighted by Gasteiger charge is 2.40. The molecule has 0 saturated carbocycles. The van der Waals surface area contributed by atoms with Crippen molar-refractivity contribution in [2.75, 3.05) is 26.2 Å². The summed E-state index contributed by atoms with van der Waals surface area (Å²) in [4.78, 5) is 13.5. The zero-order chi connectivity index (χ0) is 17.2. The second kappa shape index (κ2) is 8.81. The number of sulfonamides is 1. The van der Waals surface area contributed by atoms with Crippen LogP contribution in [0.25, 0.3) is 0 Å². The standard InChI is InChI=1S/C16H25N3O3S2.ClH/c1-12-6-7-15(23-12)24(21,22)19-9-3-5-14(19)16(20)18-11-13-4-2-8-17-10-13;/h6-7,13-14,17H,2-5,8-11H2,1H3,(H,18,20);1H. The molecule has 0 aliphatic carbocycles. The SMILES string of the molecule is Cc1ccc(S(=O)(=O)N2CCCC2C(=O)NCC2CCCNC2)s1.Cl. The van der Waals surface area contributed by atoms with Crippen molar-refractivity contribution in [3.8, 4) is 0 Å². The first-order chi connectivity index (χ1) is 11.5. The Morgan fingerprint density at radius 3 is 2.80 bits per heavy atom. The number of thiophene rings is 1. The van der Waals surface area contributed by atoms with E-state index in [0.717, 1.165) is 37.2 Å². The predicted octanol–water partition coefficient (Wildman–Crippen LogP) is 1.75. The highest BCUT2D eigenvalue weighted by Crippen LogP contribution is 2.30. The van der Waals surface area contributed by atoms with E-state index in [1.807, 2.05) is 6.92 Å². The first-order valence-corrected chi connectivity index (χ1v) is 10.8. The summed E-state index contributed by atoms with van der Waals surface area (Å²) in [6.07, 6.45) is 3.56. The number of carbonyl (C=O) groups is 1. The van der Waals surface area contributed by atoms with E-state index in [1.165, 1.54) is 15.6 Å². The maximum atomic E-state index is 12.8. The molecule has 1 aromatic heterocycles. The van der Waals surface area contributed by atoms with Gasteiger partial charge in [-0.2, -0.15) is 4.31 Å². The minimum Gasteiger partial charge on any atom is -0.354 e. The van der Waals surface area contributed by atoms with Gasteiger partial charge in [-0.05, 0) is 63.7 Å². The quantitative estimate of drug-likeness (QED) is 0.779. The molecule has 25 heavy (non-hydrogen) atoms. The summed E-state index contributed by atoms with van der Waals surface area (Å²) >= 11 is 1.26. The van der Waals surface area contributed by atoms with E-state index in [1.54, 1.807) is 12.1 Å². The lowest BCUT2D eigenvalue weighted by atomic mass is 9.99. The summed E-state index contributed by atoms with van der Waals surface area (Å²) < 4.78 is 27.3. The number of nitrogens with one attached hydrogen (secondary N) is 2. The first-order valence-electron chi connectivity index (χ1n) is 8.55. The molecule has 142 valence electrons. The number of carbonyl (C=O) groups excluding carboxylic acids is 1. The van der Waals surface area contributed by atoms with E-state index in [9.17, 15) is 13.2 Å². The molecule has 2 unspecified atom stereocenters. The van der Waals surface area contributed by atoms with E-state index in [-0.39, 0.29) is 18.3 Å². The summed E-state index contributed by atoms with van der Waals surface area (Å²) in [6, 6.07) is 2.86. The van der Waals surface area contributed by atoms with Crippen LogP contribution in [0.3, 0.4) is 0 Å². The van der Waals surface area contributed by atoms with Crippen LogP contribution in [0.1, 0.15) is 30.6 Å². The van der Waals surface area contributed by atoms with Gasteiger partial charge in [-0.1, -0.05) is 0 Å². The average Bonchev–Trinajstić information content (AvgIpc) is 3.23. The van der Waals surface area contributed by atoms with Crippen LogP contribution in [0.5, 0.6) is 0 Å². The van der Waals surface area contributed by atoms with E-state index in [2.05, 4.69) is 10.6 Å². The molecule has 0 radical (unpaired) electrons. The average molecular weight is 408 g/mol. The number of piperidine rings is 1. The Morgan fingerprint density at radius 1 is 1.36 bits per heavy atom. The van der Waals surface area contributed by atoms with Crippen molar-refractivity contribution in [1.82, 2.24) is 14.9 Å². The fraction of sp³-hybridized carbons (Fsp3) is 0.688. The van der Waals surface area contributed by atoms with Crippen LogP contribution in [0.15, 0.2) is 16.3 Å². The highest BCUT2D eigenvalue weighted by atomic mass is 35.5. The number of aryl methyl sites for hydroxylation is 1. The highest BCUT2D eigenvalue weighted by molar-refractivity contribution is 7.91. The van der Waals surface area contributed by atoms with Gasteiger partial charge in [0.05, 0.1) is 0 Å². The summed E-state index contributed by atoms with van der Waals surface area (Å²) in [5, 5.41) is 6.30. The number of hydrogen-bond acceptors (Lipinski definition) is 5. The molecule has 0 bridgehead atoms. The third-order valence-corrected chi connectivity index (χ3v) is 8.13. The maximum Gasteiger partial charge on any atom is 0.253 e. The Balaban J connectivity index is 0.00000225. The number of rotatable bonds is 5. The van der Waals surface area contributed by atoms with E-state index >= 15 is 0 Å². The molecule has 2 fully saturated rings.